The van der Waals surface area contributed by atoms with E-state index in [1.165, 1.54) is 0 Å². The smallest absolute Gasteiger partial charge is 0.252 e. The summed E-state index contributed by atoms with van der Waals surface area (Å²) in [5.74, 6) is 0.655. The van der Waals surface area contributed by atoms with Gasteiger partial charge in [0.2, 0.25) is 0 Å². The molecule has 1 amide bonds. The summed E-state index contributed by atoms with van der Waals surface area (Å²) < 4.78 is 12.4. The zero-order valence-corrected chi connectivity index (χ0v) is 16.1. The van der Waals surface area contributed by atoms with Gasteiger partial charge in [-0.05, 0) is 30.3 Å². The lowest BCUT2D eigenvalue weighted by Gasteiger charge is -2.04. The van der Waals surface area contributed by atoms with Crippen molar-refractivity contribution in [2.45, 2.75) is 0 Å². The largest absolute Gasteiger partial charge is 0.497 e. The second-order valence-electron chi connectivity index (χ2n) is 6.59. The fourth-order valence-corrected chi connectivity index (χ4v) is 3.44. The fourth-order valence-electron chi connectivity index (χ4n) is 3.44. The standard InChI is InChI=1S/C21H22N4O3/c1-25-12-17(15-10-13(28-3)4-5-19(15)25)18-11-16-14(6-7-22-20(16)24-18)21(26)23-8-9-27-2/h4-7,10-12H,8-9H2,1-3H3,(H,22,24)(H,23,26). The predicted molar refractivity (Wildman–Crippen MR) is 109 cm³/mol. The van der Waals surface area contributed by atoms with Crippen LogP contribution in [0.3, 0.4) is 0 Å². The van der Waals surface area contributed by atoms with Gasteiger partial charge in [-0.15, -0.1) is 0 Å². The summed E-state index contributed by atoms with van der Waals surface area (Å²) in [5.41, 5.74) is 4.29. The lowest BCUT2D eigenvalue weighted by Crippen LogP contribution is -2.27. The number of aromatic nitrogens is 3. The summed E-state index contributed by atoms with van der Waals surface area (Å²) in [5, 5.41) is 4.72. The van der Waals surface area contributed by atoms with Gasteiger partial charge >= 0.3 is 0 Å². The maximum Gasteiger partial charge on any atom is 0.252 e. The van der Waals surface area contributed by atoms with Crippen molar-refractivity contribution in [3.8, 4) is 17.0 Å². The Bertz CT molecular complexity index is 1160. The van der Waals surface area contributed by atoms with Crippen molar-refractivity contribution in [1.29, 1.82) is 0 Å². The molecule has 0 saturated carbocycles. The molecular weight excluding hydrogens is 356 g/mol. The van der Waals surface area contributed by atoms with Crippen LogP contribution >= 0.6 is 0 Å². The van der Waals surface area contributed by atoms with Crippen molar-refractivity contribution in [2.24, 2.45) is 7.05 Å². The normalized spacial score (nSPS) is 11.2. The number of methoxy groups -OCH3 is 2. The molecule has 0 spiro atoms. The highest BCUT2D eigenvalue weighted by molar-refractivity contribution is 6.07. The van der Waals surface area contributed by atoms with Crippen LogP contribution in [-0.4, -0.2) is 47.8 Å². The number of nitrogens with one attached hydrogen (secondary N) is 2. The first-order valence-corrected chi connectivity index (χ1v) is 9.00. The van der Waals surface area contributed by atoms with Crippen LogP contribution in [0, 0.1) is 0 Å². The van der Waals surface area contributed by atoms with Gasteiger partial charge in [0.25, 0.3) is 5.91 Å². The summed E-state index contributed by atoms with van der Waals surface area (Å²) >= 11 is 0. The number of amides is 1. The van der Waals surface area contributed by atoms with E-state index in [0.29, 0.717) is 24.4 Å². The van der Waals surface area contributed by atoms with Gasteiger partial charge in [0.1, 0.15) is 11.4 Å². The van der Waals surface area contributed by atoms with E-state index in [0.717, 1.165) is 33.3 Å². The summed E-state index contributed by atoms with van der Waals surface area (Å²) in [6, 6.07) is 9.70. The van der Waals surface area contributed by atoms with Crippen LogP contribution in [0.5, 0.6) is 5.75 Å². The molecule has 3 aromatic heterocycles. The molecule has 0 unspecified atom stereocenters. The van der Waals surface area contributed by atoms with Crippen molar-refractivity contribution < 1.29 is 14.3 Å². The third kappa shape index (κ3) is 3.10. The van der Waals surface area contributed by atoms with Crippen LogP contribution in [0.1, 0.15) is 10.4 Å². The Morgan fingerprint density at radius 3 is 2.86 bits per heavy atom. The highest BCUT2D eigenvalue weighted by Gasteiger charge is 2.16. The molecule has 4 aromatic rings. The molecule has 0 aliphatic carbocycles. The van der Waals surface area contributed by atoms with Gasteiger partial charge in [0.15, 0.2) is 0 Å². The minimum atomic E-state index is -0.144. The van der Waals surface area contributed by atoms with Crippen molar-refractivity contribution in [3.63, 3.8) is 0 Å². The zero-order valence-electron chi connectivity index (χ0n) is 16.1. The third-order valence-electron chi connectivity index (χ3n) is 4.86. The second kappa shape index (κ2) is 7.36. The number of aromatic amines is 1. The first-order valence-electron chi connectivity index (χ1n) is 9.00. The average Bonchev–Trinajstić information content (AvgIpc) is 3.28. The maximum atomic E-state index is 12.6. The molecule has 0 bridgehead atoms. The molecule has 0 fully saturated rings. The molecule has 0 saturated heterocycles. The van der Waals surface area contributed by atoms with Crippen LogP contribution in [0.2, 0.25) is 0 Å². The number of hydrogen-bond donors (Lipinski definition) is 2. The lowest BCUT2D eigenvalue weighted by molar-refractivity contribution is 0.0938. The zero-order chi connectivity index (χ0) is 19.7. The van der Waals surface area contributed by atoms with Gasteiger partial charge in [0.05, 0.1) is 19.3 Å². The molecule has 28 heavy (non-hydrogen) atoms. The second-order valence-corrected chi connectivity index (χ2v) is 6.59. The van der Waals surface area contributed by atoms with E-state index in [9.17, 15) is 4.79 Å². The Balaban J connectivity index is 1.80. The Labute approximate surface area is 162 Å². The minimum absolute atomic E-state index is 0.144. The third-order valence-corrected chi connectivity index (χ3v) is 4.86. The number of carbonyl (C=O) groups is 1. The molecule has 2 N–H and O–H groups in total. The van der Waals surface area contributed by atoms with E-state index >= 15 is 0 Å². The molecule has 0 aliphatic heterocycles. The number of nitrogens with zero attached hydrogens (tertiary/aromatic N) is 2. The first-order chi connectivity index (χ1) is 13.6. The highest BCUT2D eigenvalue weighted by Crippen LogP contribution is 2.34. The Kier molecular flexibility index (Phi) is 4.75. The molecule has 0 radical (unpaired) electrons. The van der Waals surface area contributed by atoms with Crippen LogP contribution in [-0.2, 0) is 11.8 Å². The van der Waals surface area contributed by atoms with Gasteiger partial charge in [0, 0.05) is 60.6 Å². The molecular formula is C21H22N4O3. The molecule has 4 rings (SSSR count). The van der Waals surface area contributed by atoms with Gasteiger partial charge in [-0.2, -0.15) is 0 Å². The first kappa shape index (κ1) is 18.1. The van der Waals surface area contributed by atoms with Crippen molar-refractivity contribution >= 4 is 27.8 Å². The minimum Gasteiger partial charge on any atom is -0.497 e. The quantitative estimate of drug-likeness (QED) is 0.505. The summed E-state index contributed by atoms with van der Waals surface area (Å²) in [6.07, 6.45) is 3.70. The van der Waals surface area contributed by atoms with Gasteiger partial charge in [-0.3, -0.25) is 4.79 Å². The van der Waals surface area contributed by atoms with E-state index in [2.05, 4.69) is 26.0 Å². The topological polar surface area (TPSA) is 81.2 Å². The number of H-pyrrole nitrogens is 1. The number of benzene rings is 1. The number of pyridine rings is 1. The number of hydrogen-bond acceptors (Lipinski definition) is 4. The maximum absolute atomic E-state index is 12.6. The number of fused-ring (bicyclic) bond motifs is 2. The summed E-state index contributed by atoms with van der Waals surface area (Å²) in [7, 11) is 5.27. The van der Waals surface area contributed by atoms with Gasteiger partial charge < -0.3 is 24.3 Å². The lowest BCUT2D eigenvalue weighted by atomic mass is 10.1. The van der Waals surface area contributed by atoms with Crippen LogP contribution < -0.4 is 10.1 Å². The van der Waals surface area contributed by atoms with Crippen molar-refractivity contribution in [3.05, 3.63) is 48.3 Å². The van der Waals surface area contributed by atoms with Crippen LogP contribution in [0.25, 0.3) is 33.2 Å². The van der Waals surface area contributed by atoms with E-state index in [4.69, 9.17) is 9.47 Å². The average molecular weight is 378 g/mol. The van der Waals surface area contributed by atoms with Crippen LogP contribution in [0.4, 0.5) is 0 Å². The van der Waals surface area contributed by atoms with E-state index in [1.54, 1.807) is 26.5 Å². The highest BCUT2D eigenvalue weighted by atomic mass is 16.5. The molecule has 7 heteroatoms. The summed E-state index contributed by atoms with van der Waals surface area (Å²) in [4.78, 5) is 20.3. The van der Waals surface area contributed by atoms with E-state index in [-0.39, 0.29) is 5.91 Å². The Hall–Kier alpha value is -3.32. The molecule has 7 nitrogen and oxygen atoms in total. The monoisotopic (exact) mass is 378 g/mol. The van der Waals surface area contributed by atoms with E-state index < -0.39 is 0 Å². The Morgan fingerprint density at radius 2 is 2.07 bits per heavy atom. The number of carbonyl (C=O) groups excluding carboxylic acids is 1. The number of rotatable bonds is 6. The molecule has 1 aromatic carbocycles. The molecule has 0 aliphatic rings. The predicted octanol–water partition coefficient (Wildman–Crippen LogP) is 3.11. The van der Waals surface area contributed by atoms with Gasteiger partial charge in [-0.25, -0.2) is 4.98 Å². The number of aryl methyl sites for hydroxylation is 1. The van der Waals surface area contributed by atoms with Crippen molar-refractivity contribution in [2.75, 3.05) is 27.4 Å². The van der Waals surface area contributed by atoms with Gasteiger partial charge in [-0.1, -0.05) is 0 Å². The molecule has 3 heterocycles. The van der Waals surface area contributed by atoms with Crippen molar-refractivity contribution in [1.82, 2.24) is 19.9 Å². The SMILES string of the molecule is COCCNC(=O)c1ccnc2[nH]c(-c3cn(C)c4ccc(OC)cc34)cc12. The number of ether oxygens (including phenoxy) is 2. The summed E-state index contributed by atoms with van der Waals surface area (Å²) in [6.45, 7) is 0.926. The Morgan fingerprint density at radius 1 is 1.21 bits per heavy atom. The van der Waals surface area contributed by atoms with E-state index in [1.807, 2.05) is 31.3 Å². The van der Waals surface area contributed by atoms with Crippen LogP contribution in [0.15, 0.2) is 42.7 Å². The molecule has 0 atom stereocenters. The fraction of sp³-hybridized carbons (Fsp3) is 0.238. The molecule has 144 valence electrons.